The zero-order valence-corrected chi connectivity index (χ0v) is 13.5. The number of hydrogen-bond acceptors (Lipinski definition) is 2. The molecule has 0 unspecified atom stereocenters. The van der Waals surface area contributed by atoms with Crippen LogP contribution < -0.4 is 16.8 Å². The molecule has 1 amide bonds. The topological polar surface area (TPSA) is 109 Å². The fourth-order valence-electron chi connectivity index (χ4n) is 2.42. The Labute approximate surface area is 136 Å². The maximum Gasteiger partial charge on any atom is 0.251 e. The van der Waals surface area contributed by atoms with Crippen LogP contribution in [-0.4, -0.2) is 42.4 Å². The Balaban J connectivity index is 1.99. The predicted octanol–water partition coefficient (Wildman–Crippen LogP) is 0.662. The fraction of sp³-hybridized carbons (Fsp3) is 0.438. The number of rotatable bonds is 4. The molecule has 0 spiro atoms. The molecule has 0 radical (unpaired) electrons. The van der Waals surface area contributed by atoms with Gasteiger partial charge in [-0.3, -0.25) is 4.79 Å². The van der Waals surface area contributed by atoms with E-state index in [0.29, 0.717) is 24.6 Å². The second-order valence-corrected chi connectivity index (χ2v) is 5.40. The highest BCUT2D eigenvalue weighted by Crippen LogP contribution is 2.08. The lowest BCUT2D eigenvalue weighted by Gasteiger charge is -2.15. The third-order valence-electron chi connectivity index (χ3n) is 3.61. The van der Waals surface area contributed by atoms with E-state index in [4.69, 9.17) is 11.5 Å². The maximum atomic E-state index is 11.8. The first kappa shape index (κ1) is 16.8. The van der Waals surface area contributed by atoms with Gasteiger partial charge in [0.2, 0.25) is 5.96 Å². The summed E-state index contributed by atoms with van der Waals surface area (Å²) in [7, 11) is 0. The van der Waals surface area contributed by atoms with Gasteiger partial charge in [0.15, 0.2) is 5.96 Å². The van der Waals surface area contributed by atoms with Crippen LogP contribution in [0.2, 0.25) is 0 Å². The van der Waals surface area contributed by atoms with Gasteiger partial charge in [-0.25, -0.2) is 4.99 Å². The second-order valence-electron chi connectivity index (χ2n) is 5.40. The molecule has 23 heavy (non-hydrogen) atoms. The van der Waals surface area contributed by atoms with Crippen LogP contribution >= 0.6 is 0 Å². The van der Waals surface area contributed by atoms with Crippen LogP contribution in [0.15, 0.2) is 34.3 Å². The van der Waals surface area contributed by atoms with Crippen LogP contribution in [0.4, 0.5) is 0 Å². The van der Waals surface area contributed by atoms with E-state index >= 15 is 0 Å². The number of nitrogens with two attached hydrogens (primary N) is 2. The summed E-state index contributed by atoms with van der Waals surface area (Å²) in [6.45, 7) is 4.67. The van der Waals surface area contributed by atoms with Crippen LogP contribution in [0.1, 0.15) is 35.7 Å². The minimum absolute atomic E-state index is 0.0948. The van der Waals surface area contributed by atoms with E-state index in [1.807, 2.05) is 24.0 Å². The van der Waals surface area contributed by atoms with E-state index in [1.54, 1.807) is 12.1 Å². The first-order valence-electron chi connectivity index (χ1n) is 7.86. The van der Waals surface area contributed by atoms with Gasteiger partial charge in [0, 0.05) is 25.2 Å². The average molecular weight is 316 g/mol. The molecule has 2 rings (SSSR count). The monoisotopic (exact) mass is 316 g/mol. The average Bonchev–Trinajstić information content (AvgIpc) is 3.08. The third kappa shape index (κ3) is 4.98. The Morgan fingerprint density at radius 3 is 2.74 bits per heavy atom. The molecule has 0 aromatic heterocycles. The summed E-state index contributed by atoms with van der Waals surface area (Å²) in [6, 6.07) is 7.29. The number of nitrogens with one attached hydrogen (secondary N) is 1. The fourth-order valence-corrected chi connectivity index (χ4v) is 2.42. The number of guanidine groups is 2. The van der Waals surface area contributed by atoms with E-state index in [9.17, 15) is 4.79 Å². The number of nitrogens with zero attached hydrogens (tertiary/aromatic N) is 3. The van der Waals surface area contributed by atoms with Crippen molar-refractivity contribution in [3.05, 3.63) is 35.4 Å². The van der Waals surface area contributed by atoms with Crippen molar-refractivity contribution in [3.8, 4) is 0 Å². The highest BCUT2D eigenvalue weighted by atomic mass is 16.1. The quantitative estimate of drug-likeness (QED) is 0.560. The number of hydrogen-bond donors (Lipinski definition) is 3. The first-order valence-corrected chi connectivity index (χ1v) is 7.86. The van der Waals surface area contributed by atoms with Gasteiger partial charge in [-0.05, 0) is 37.5 Å². The maximum absolute atomic E-state index is 11.8. The van der Waals surface area contributed by atoms with Crippen molar-refractivity contribution in [2.45, 2.75) is 26.3 Å². The molecule has 7 nitrogen and oxygen atoms in total. The number of carbonyl (C=O) groups excluding carboxylic acids is 1. The van der Waals surface area contributed by atoms with Gasteiger partial charge in [0.25, 0.3) is 5.91 Å². The summed E-state index contributed by atoms with van der Waals surface area (Å²) in [6.07, 6.45) is 2.25. The number of amides is 1. The number of likely N-dealkylation sites (tertiary alicyclic amines) is 1. The molecule has 1 saturated heterocycles. The Hall–Kier alpha value is -2.57. The standard InChI is InChI=1S/C16H24N6O/c1-2-19-14(23)13-7-5-6-12(10-13)11-20-15(17)21-16(18)22-8-3-4-9-22/h5-7,10H,2-4,8-9,11H2,1H3,(H,19,23)(H4,17,18,20,21). The van der Waals surface area contributed by atoms with Crippen LogP contribution in [-0.2, 0) is 6.54 Å². The summed E-state index contributed by atoms with van der Waals surface area (Å²) in [5, 5.41) is 2.77. The van der Waals surface area contributed by atoms with Gasteiger partial charge in [-0.2, -0.15) is 4.99 Å². The molecule has 0 bridgehead atoms. The van der Waals surface area contributed by atoms with Gasteiger partial charge in [0.05, 0.1) is 6.54 Å². The van der Waals surface area contributed by atoms with E-state index < -0.39 is 0 Å². The summed E-state index contributed by atoms with van der Waals surface area (Å²) >= 11 is 0. The van der Waals surface area contributed by atoms with Gasteiger partial charge in [-0.15, -0.1) is 0 Å². The van der Waals surface area contributed by atoms with Gasteiger partial charge >= 0.3 is 0 Å². The largest absolute Gasteiger partial charge is 0.369 e. The Morgan fingerprint density at radius 1 is 1.30 bits per heavy atom. The summed E-state index contributed by atoms with van der Waals surface area (Å²) in [5.41, 5.74) is 13.2. The van der Waals surface area contributed by atoms with Crippen molar-refractivity contribution in [1.29, 1.82) is 0 Å². The second kappa shape index (κ2) is 8.17. The summed E-state index contributed by atoms with van der Waals surface area (Å²) in [5.74, 6) is 0.472. The van der Waals surface area contributed by atoms with Crippen LogP contribution in [0.25, 0.3) is 0 Å². The molecule has 0 aliphatic carbocycles. The molecule has 1 fully saturated rings. The minimum Gasteiger partial charge on any atom is -0.369 e. The van der Waals surface area contributed by atoms with Gasteiger partial charge in [0.1, 0.15) is 0 Å². The van der Waals surface area contributed by atoms with E-state index in [0.717, 1.165) is 31.5 Å². The molecule has 5 N–H and O–H groups in total. The van der Waals surface area contributed by atoms with Crippen molar-refractivity contribution in [2.75, 3.05) is 19.6 Å². The summed E-state index contributed by atoms with van der Waals surface area (Å²) in [4.78, 5) is 22.2. The third-order valence-corrected chi connectivity index (χ3v) is 3.61. The van der Waals surface area contributed by atoms with Crippen molar-refractivity contribution < 1.29 is 4.79 Å². The molecular weight excluding hydrogens is 292 g/mol. The molecule has 124 valence electrons. The Kier molecular flexibility index (Phi) is 5.96. The van der Waals surface area contributed by atoms with E-state index in [-0.39, 0.29) is 11.9 Å². The van der Waals surface area contributed by atoms with Crippen LogP contribution in [0.5, 0.6) is 0 Å². The summed E-state index contributed by atoms with van der Waals surface area (Å²) < 4.78 is 0. The predicted molar refractivity (Wildman–Crippen MR) is 92.2 cm³/mol. The van der Waals surface area contributed by atoms with Crippen molar-refractivity contribution in [1.82, 2.24) is 10.2 Å². The lowest BCUT2D eigenvalue weighted by molar-refractivity contribution is 0.0955. The number of carbonyl (C=O) groups is 1. The molecular formula is C16H24N6O. The first-order chi connectivity index (χ1) is 11.1. The molecule has 1 aliphatic heterocycles. The van der Waals surface area contributed by atoms with Crippen molar-refractivity contribution in [3.63, 3.8) is 0 Å². The highest BCUT2D eigenvalue weighted by Gasteiger charge is 2.13. The Morgan fingerprint density at radius 2 is 2.04 bits per heavy atom. The smallest absolute Gasteiger partial charge is 0.251 e. The SMILES string of the molecule is CCNC(=O)c1cccc(CN=C(N)/N=C(\N)N2CCCC2)c1. The molecule has 1 aliphatic rings. The van der Waals surface area contributed by atoms with E-state index in [1.165, 1.54) is 0 Å². The zero-order valence-electron chi connectivity index (χ0n) is 13.5. The minimum atomic E-state index is -0.0948. The normalized spacial score (nSPS) is 15.8. The lowest BCUT2D eigenvalue weighted by Crippen LogP contribution is -2.36. The van der Waals surface area contributed by atoms with Gasteiger partial charge < -0.3 is 21.7 Å². The van der Waals surface area contributed by atoms with Crippen LogP contribution in [0.3, 0.4) is 0 Å². The van der Waals surface area contributed by atoms with Crippen LogP contribution in [0, 0.1) is 0 Å². The molecule has 1 aromatic rings. The van der Waals surface area contributed by atoms with Gasteiger partial charge in [-0.1, -0.05) is 12.1 Å². The molecule has 7 heteroatoms. The molecule has 0 saturated carbocycles. The van der Waals surface area contributed by atoms with E-state index in [2.05, 4.69) is 15.3 Å². The van der Waals surface area contributed by atoms with Crippen molar-refractivity contribution >= 4 is 17.8 Å². The molecule has 0 atom stereocenters. The molecule has 1 heterocycles. The lowest BCUT2D eigenvalue weighted by atomic mass is 10.1. The zero-order chi connectivity index (χ0) is 16.7. The highest BCUT2D eigenvalue weighted by molar-refractivity contribution is 5.94. The number of aliphatic imine (C=N–C) groups is 2. The molecule has 1 aromatic carbocycles. The number of benzene rings is 1. The van der Waals surface area contributed by atoms with Crippen molar-refractivity contribution in [2.24, 2.45) is 21.5 Å². The Bertz CT molecular complexity index is 604.